The van der Waals surface area contributed by atoms with Crippen molar-refractivity contribution in [3.05, 3.63) is 42.0 Å². The van der Waals surface area contributed by atoms with Crippen molar-refractivity contribution in [3.63, 3.8) is 0 Å². The molecule has 1 heteroatoms. The maximum absolute atomic E-state index is 3.64. The molecule has 0 amide bonds. The van der Waals surface area contributed by atoms with Gasteiger partial charge in [-0.05, 0) is 18.4 Å². The molecular formula is C17H27N. The number of hydrogen-bond donors (Lipinski definition) is 1. The normalized spacial score (nSPS) is 13.0. The SMILES string of the molecule is CCCCC(CCC)NC/C=C/c1ccccc1. The third kappa shape index (κ3) is 6.61. The first-order valence-corrected chi connectivity index (χ1v) is 7.31. The monoisotopic (exact) mass is 245 g/mol. The Morgan fingerprint density at radius 2 is 1.83 bits per heavy atom. The summed E-state index contributed by atoms with van der Waals surface area (Å²) in [6.45, 7) is 5.50. The summed E-state index contributed by atoms with van der Waals surface area (Å²) in [6.07, 6.45) is 10.9. The molecule has 0 fully saturated rings. The smallest absolute Gasteiger partial charge is 0.0140 e. The summed E-state index contributed by atoms with van der Waals surface area (Å²) in [4.78, 5) is 0. The van der Waals surface area contributed by atoms with Gasteiger partial charge in [0.1, 0.15) is 0 Å². The zero-order chi connectivity index (χ0) is 13.1. The van der Waals surface area contributed by atoms with Gasteiger partial charge in [-0.25, -0.2) is 0 Å². The molecule has 0 aliphatic carbocycles. The van der Waals surface area contributed by atoms with Crippen LogP contribution >= 0.6 is 0 Å². The fourth-order valence-corrected chi connectivity index (χ4v) is 2.14. The van der Waals surface area contributed by atoms with E-state index in [1.54, 1.807) is 0 Å². The molecule has 0 radical (unpaired) electrons. The van der Waals surface area contributed by atoms with Gasteiger partial charge in [0.05, 0.1) is 0 Å². The van der Waals surface area contributed by atoms with Gasteiger partial charge in [0.15, 0.2) is 0 Å². The topological polar surface area (TPSA) is 12.0 Å². The Kier molecular flexibility index (Phi) is 8.24. The standard InChI is InChI=1S/C17H27N/c1-3-5-14-17(10-4-2)18-15-9-13-16-11-7-6-8-12-16/h6-9,11-13,17-18H,3-5,10,14-15H2,1-2H3/b13-9+. The average molecular weight is 245 g/mol. The second-order valence-corrected chi connectivity index (χ2v) is 4.85. The van der Waals surface area contributed by atoms with E-state index >= 15 is 0 Å². The molecule has 0 saturated heterocycles. The number of hydrogen-bond acceptors (Lipinski definition) is 1. The lowest BCUT2D eigenvalue weighted by molar-refractivity contribution is 0.453. The highest BCUT2D eigenvalue weighted by molar-refractivity contribution is 5.48. The summed E-state index contributed by atoms with van der Waals surface area (Å²) in [5.41, 5.74) is 1.28. The first-order chi connectivity index (χ1) is 8.86. The Balaban J connectivity index is 2.27. The number of unbranched alkanes of at least 4 members (excludes halogenated alkanes) is 1. The van der Waals surface area contributed by atoms with Crippen molar-refractivity contribution >= 4 is 6.08 Å². The van der Waals surface area contributed by atoms with Crippen LogP contribution in [-0.2, 0) is 0 Å². The largest absolute Gasteiger partial charge is 0.311 e. The molecule has 1 aromatic carbocycles. The highest BCUT2D eigenvalue weighted by Crippen LogP contribution is 2.07. The van der Waals surface area contributed by atoms with E-state index in [4.69, 9.17) is 0 Å². The van der Waals surface area contributed by atoms with Crippen LogP contribution in [0.15, 0.2) is 36.4 Å². The third-order valence-electron chi connectivity index (χ3n) is 3.18. The molecule has 100 valence electrons. The Morgan fingerprint density at radius 3 is 2.50 bits per heavy atom. The maximum Gasteiger partial charge on any atom is 0.0140 e. The number of nitrogens with one attached hydrogen (secondary N) is 1. The molecule has 0 spiro atoms. The minimum Gasteiger partial charge on any atom is -0.311 e. The van der Waals surface area contributed by atoms with E-state index < -0.39 is 0 Å². The molecule has 1 nitrogen and oxygen atoms in total. The van der Waals surface area contributed by atoms with E-state index in [2.05, 4.69) is 61.6 Å². The van der Waals surface area contributed by atoms with E-state index in [-0.39, 0.29) is 0 Å². The van der Waals surface area contributed by atoms with Gasteiger partial charge in [-0.3, -0.25) is 0 Å². The predicted octanol–water partition coefficient (Wildman–Crippen LogP) is 4.65. The molecule has 0 aliphatic rings. The summed E-state index contributed by atoms with van der Waals surface area (Å²) in [7, 11) is 0. The van der Waals surface area contributed by atoms with Crippen LogP contribution in [0.3, 0.4) is 0 Å². The lowest BCUT2D eigenvalue weighted by Gasteiger charge is -2.16. The van der Waals surface area contributed by atoms with Crippen LogP contribution in [0.4, 0.5) is 0 Å². The molecular weight excluding hydrogens is 218 g/mol. The van der Waals surface area contributed by atoms with Crippen molar-refractivity contribution in [1.82, 2.24) is 5.32 Å². The van der Waals surface area contributed by atoms with Crippen LogP contribution in [0.1, 0.15) is 51.5 Å². The molecule has 0 saturated carbocycles. The lowest BCUT2D eigenvalue weighted by Crippen LogP contribution is -2.28. The van der Waals surface area contributed by atoms with Gasteiger partial charge in [0.2, 0.25) is 0 Å². The molecule has 1 rings (SSSR count). The van der Waals surface area contributed by atoms with Crippen LogP contribution in [0, 0.1) is 0 Å². The summed E-state index contributed by atoms with van der Waals surface area (Å²) in [5, 5.41) is 3.64. The van der Waals surface area contributed by atoms with Gasteiger partial charge in [0, 0.05) is 12.6 Å². The van der Waals surface area contributed by atoms with E-state index in [0.717, 1.165) is 6.54 Å². The van der Waals surface area contributed by atoms with Crippen molar-refractivity contribution in [1.29, 1.82) is 0 Å². The fraction of sp³-hybridized carbons (Fsp3) is 0.529. The summed E-state index contributed by atoms with van der Waals surface area (Å²) in [5.74, 6) is 0. The van der Waals surface area contributed by atoms with Crippen molar-refractivity contribution in [2.75, 3.05) is 6.54 Å². The van der Waals surface area contributed by atoms with E-state index in [9.17, 15) is 0 Å². The molecule has 1 N–H and O–H groups in total. The van der Waals surface area contributed by atoms with E-state index in [1.165, 1.54) is 37.7 Å². The highest BCUT2D eigenvalue weighted by atomic mass is 14.9. The first-order valence-electron chi connectivity index (χ1n) is 7.31. The molecule has 1 atom stereocenters. The Labute approximate surface area is 112 Å². The predicted molar refractivity (Wildman–Crippen MR) is 81.7 cm³/mol. The van der Waals surface area contributed by atoms with Gasteiger partial charge in [-0.1, -0.05) is 75.6 Å². The van der Waals surface area contributed by atoms with Gasteiger partial charge >= 0.3 is 0 Å². The summed E-state index contributed by atoms with van der Waals surface area (Å²) < 4.78 is 0. The van der Waals surface area contributed by atoms with Crippen molar-refractivity contribution in [3.8, 4) is 0 Å². The lowest BCUT2D eigenvalue weighted by atomic mass is 10.1. The van der Waals surface area contributed by atoms with Gasteiger partial charge in [-0.2, -0.15) is 0 Å². The molecule has 1 aromatic rings. The number of benzene rings is 1. The van der Waals surface area contributed by atoms with E-state index in [1.807, 2.05) is 0 Å². The van der Waals surface area contributed by atoms with Crippen LogP contribution in [0.25, 0.3) is 6.08 Å². The van der Waals surface area contributed by atoms with Crippen LogP contribution in [-0.4, -0.2) is 12.6 Å². The Hall–Kier alpha value is -1.08. The molecule has 0 bridgehead atoms. The summed E-state index contributed by atoms with van der Waals surface area (Å²) in [6, 6.07) is 11.2. The molecule has 18 heavy (non-hydrogen) atoms. The van der Waals surface area contributed by atoms with Crippen molar-refractivity contribution in [2.45, 2.75) is 52.0 Å². The fourth-order valence-electron chi connectivity index (χ4n) is 2.14. The van der Waals surface area contributed by atoms with Crippen LogP contribution in [0.5, 0.6) is 0 Å². The van der Waals surface area contributed by atoms with Gasteiger partial charge in [-0.15, -0.1) is 0 Å². The minimum absolute atomic E-state index is 0.690. The van der Waals surface area contributed by atoms with E-state index in [0.29, 0.717) is 6.04 Å². The highest BCUT2D eigenvalue weighted by Gasteiger charge is 2.04. The second-order valence-electron chi connectivity index (χ2n) is 4.85. The second kappa shape index (κ2) is 9.90. The van der Waals surface area contributed by atoms with Crippen molar-refractivity contribution in [2.24, 2.45) is 0 Å². The van der Waals surface area contributed by atoms with Gasteiger partial charge < -0.3 is 5.32 Å². The first kappa shape index (κ1) is 15.0. The minimum atomic E-state index is 0.690. The molecule has 0 aliphatic heterocycles. The molecule has 1 unspecified atom stereocenters. The maximum atomic E-state index is 3.64. The molecule has 0 heterocycles. The van der Waals surface area contributed by atoms with Crippen LogP contribution in [0.2, 0.25) is 0 Å². The van der Waals surface area contributed by atoms with Crippen molar-refractivity contribution < 1.29 is 0 Å². The Bertz CT molecular complexity index is 316. The summed E-state index contributed by atoms with van der Waals surface area (Å²) >= 11 is 0. The quantitative estimate of drug-likeness (QED) is 0.668. The third-order valence-corrected chi connectivity index (χ3v) is 3.18. The Morgan fingerprint density at radius 1 is 1.06 bits per heavy atom. The number of rotatable bonds is 9. The van der Waals surface area contributed by atoms with Crippen LogP contribution < -0.4 is 5.32 Å². The molecule has 0 aromatic heterocycles. The van der Waals surface area contributed by atoms with Gasteiger partial charge in [0.25, 0.3) is 0 Å². The zero-order valence-corrected chi connectivity index (χ0v) is 11.9. The zero-order valence-electron chi connectivity index (χ0n) is 11.9. The average Bonchev–Trinajstić information content (AvgIpc) is 2.42.